The number of aromatic nitrogens is 2. The number of imidazole rings is 1. The van der Waals surface area contributed by atoms with Crippen LogP contribution < -0.4 is 5.32 Å². The SMILES string of the molecule is C=CCn1ccnc1Nc1cc(Br)cc(C(F)(F)F)c1. The van der Waals surface area contributed by atoms with E-state index in [0.717, 1.165) is 12.1 Å². The second kappa shape index (κ2) is 5.70. The molecule has 0 spiro atoms. The smallest absolute Gasteiger partial charge is 0.326 e. The van der Waals surface area contributed by atoms with Crippen LogP contribution in [0.3, 0.4) is 0 Å². The second-order valence-corrected chi connectivity index (χ2v) is 4.96. The van der Waals surface area contributed by atoms with E-state index in [2.05, 4.69) is 32.8 Å². The Morgan fingerprint density at radius 2 is 2.10 bits per heavy atom. The van der Waals surface area contributed by atoms with Gasteiger partial charge in [0.2, 0.25) is 5.95 Å². The number of nitrogens with one attached hydrogen (secondary N) is 1. The zero-order valence-corrected chi connectivity index (χ0v) is 11.9. The van der Waals surface area contributed by atoms with Crippen molar-refractivity contribution in [3.63, 3.8) is 0 Å². The Hall–Kier alpha value is -1.76. The highest BCUT2D eigenvalue weighted by molar-refractivity contribution is 9.10. The normalized spacial score (nSPS) is 11.4. The van der Waals surface area contributed by atoms with E-state index in [-0.39, 0.29) is 0 Å². The fourth-order valence-corrected chi connectivity index (χ4v) is 2.17. The molecular weight excluding hydrogens is 335 g/mol. The lowest BCUT2D eigenvalue weighted by Gasteiger charge is -2.12. The third kappa shape index (κ3) is 3.41. The molecule has 0 bridgehead atoms. The second-order valence-electron chi connectivity index (χ2n) is 4.04. The third-order valence-corrected chi connectivity index (χ3v) is 2.98. The fourth-order valence-electron chi connectivity index (χ4n) is 1.67. The van der Waals surface area contributed by atoms with Crippen molar-refractivity contribution in [2.75, 3.05) is 5.32 Å². The van der Waals surface area contributed by atoms with Gasteiger partial charge in [0, 0.05) is 29.1 Å². The first-order valence-corrected chi connectivity index (χ1v) is 6.46. The number of alkyl halides is 3. The van der Waals surface area contributed by atoms with Gasteiger partial charge in [0.1, 0.15) is 0 Å². The van der Waals surface area contributed by atoms with E-state index in [1.807, 2.05) is 0 Å². The molecule has 0 amide bonds. The first-order valence-electron chi connectivity index (χ1n) is 5.67. The maximum absolute atomic E-state index is 12.7. The summed E-state index contributed by atoms with van der Waals surface area (Å²) in [7, 11) is 0. The molecule has 1 heterocycles. The minimum atomic E-state index is -4.39. The average Bonchev–Trinajstić information content (AvgIpc) is 2.75. The van der Waals surface area contributed by atoms with Crippen LogP contribution in [0.15, 0.2) is 47.7 Å². The summed E-state index contributed by atoms with van der Waals surface area (Å²) >= 11 is 3.08. The summed E-state index contributed by atoms with van der Waals surface area (Å²) in [6.45, 7) is 4.13. The average molecular weight is 346 g/mol. The monoisotopic (exact) mass is 345 g/mol. The quantitative estimate of drug-likeness (QED) is 0.821. The summed E-state index contributed by atoms with van der Waals surface area (Å²) in [5, 5.41) is 2.86. The minimum Gasteiger partial charge on any atom is -0.326 e. The van der Waals surface area contributed by atoms with Crippen molar-refractivity contribution in [3.05, 3.63) is 53.3 Å². The van der Waals surface area contributed by atoms with Crippen molar-refractivity contribution in [3.8, 4) is 0 Å². The van der Waals surface area contributed by atoms with Gasteiger partial charge in [0.25, 0.3) is 0 Å². The number of benzene rings is 1. The highest BCUT2D eigenvalue weighted by Crippen LogP contribution is 2.34. The van der Waals surface area contributed by atoms with Crippen LogP contribution in [0.25, 0.3) is 0 Å². The zero-order chi connectivity index (χ0) is 14.8. The molecule has 20 heavy (non-hydrogen) atoms. The van der Waals surface area contributed by atoms with Crippen molar-refractivity contribution in [2.45, 2.75) is 12.7 Å². The summed E-state index contributed by atoms with van der Waals surface area (Å²) in [6.07, 6.45) is 0.562. The Kier molecular flexibility index (Phi) is 4.17. The molecule has 0 fully saturated rings. The van der Waals surface area contributed by atoms with Gasteiger partial charge in [-0.2, -0.15) is 13.2 Å². The molecule has 0 aliphatic rings. The lowest BCUT2D eigenvalue weighted by molar-refractivity contribution is -0.137. The van der Waals surface area contributed by atoms with Crippen LogP contribution in [-0.2, 0) is 12.7 Å². The number of nitrogens with zero attached hydrogens (tertiary/aromatic N) is 2. The summed E-state index contributed by atoms with van der Waals surface area (Å²) in [6, 6.07) is 3.63. The van der Waals surface area contributed by atoms with E-state index in [1.54, 1.807) is 29.1 Å². The molecule has 106 valence electrons. The van der Waals surface area contributed by atoms with Gasteiger partial charge in [0.15, 0.2) is 0 Å². The molecule has 1 aromatic carbocycles. The molecule has 1 N–H and O–H groups in total. The van der Waals surface area contributed by atoms with Gasteiger partial charge in [-0.15, -0.1) is 6.58 Å². The molecule has 0 saturated heterocycles. The van der Waals surface area contributed by atoms with Crippen LogP contribution in [0.1, 0.15) is 5.56 Å². The van der Waals surface area contributed by atoms with Crippen molar-refractivity contribution in [1.82, 2.24) is 9.55 Å². The van der Waals surface area contributed by atoms with Gasteiger partial charge >= 0.3 is 6.18 Å². The maximum Gasteiger partial charge on any atom is 0.416 e. The number of anilines is 2. The molecule has 0 saturated carbocycles. The highest BCUT2D eigenvalue weighted by atomic mass is 79.9. The summed E-state index contributed by atoms with van der Waals surface area (Å²) in [5.41, 5.74) is -0.417. The van der Waals surface area contributed by atoms with Crippen LogP contribution in [0.2, 0.25) is 0 Å². The lowest BCUT2D eigenvalue weighted by atomic mass is 10.2. The number of allylic oxidation sites excluding steroid dienone is 1. The molecule has 2 aromatic rings. The van der Waals surface area contributed by atoms with E-state index in [1.165, 1.54) is 0 Å². The van der Waals surface area contributed by atoms with Gasteiger partial charge in [-0.25, -0.2) is 4.98 Å². The molecule has 0 radical (unpaired) electrons. The topological polar surface area (TPSA) is 29.9 Å². The first-order chi connectivity index (χ1) is 9.40. The first kappa shape index (κ1) is 14.6. The maximum atomic E-state index is 12.7. The Bertz CT molecular complexity index is 620. The number of rotatable bonds is 4. The highest BCUT2D eigenvalue weighted by Gasteiger charge is 2.31. The molecule has 3 nitrogen and oxygen atoms in total. The summed E-state index contributed by atoms with van der Waals surface area (Å²) in [4.78, 5) is 4.06. The number of hydrogen-bond acceptors (Lipinski definition) is 2. The van der Waals surface area contributed by atoms with Crippen LogP contribution in [0.5, 0.6) is 0 Å². The predicted molar refractivity (Wildman–Crippen MR) is 74.9 cm³/mol. The minimum absolute atomic E-state index is 0.309. The van der Waals surface area contributed by atoms with E-state index in [9.17, 15) is 13.2 Å². The van der Waals surface area contributed by atoms with Gasteiger partial charge in [-0.1, -0.05) is 22.0 Å². The van der Waals surface area contributed by atoms with Crippen LogP contribution in [0.4, 0.5) is 24.8 Å². The van der Waals surface area contributed by atoms with Crippen LogP contribution in [0, 0.1) is 0 Å². The molecule has 0 aliphatic carbocycles. The molecule has 0 unspecified atom stereocenters. The van der Waals surface area contributed by atoms with Gasteiger partial charge in [-0.05, 0) is 18.2 Å². The number of halogens is 4. The number of hydrogen-bond donors (Lipinski definition) is 1. The van der Waals surface area contributed by atoms with Gasteiger partial charge < -0.3 is 9.88 Å². The van der Waals surface area contributed by atoms with E-state index >= 15 is 0 Å². The summed E-state index contributed by atoms with van der Waals surface area (Å²) < 4.78 is 40.3. The third-order valence-electron chi connectivity index (χ3n) is 2.52. The Morgan fingerprint density at radius 3 is 2.75 bits per heavy atom. The van der Waals surface area contributed by atoms with E-state index in [4.69, 9.17) is 0 Å². The Labute approximate surface area is 122 Å². The standard InChI is InChI=1S/C13H11BrF3N3/c1-2-4-20-5-3-18-12(20)19-11-7-9(13(15,16)17)6-10(14)8-11/h2-3,5-8H,1,4H2,(H,18,19). The van der Waals surface area contributed by atoms with Crippen molar-refractivity contribution < 1.29 is 13.2 Å². The molecule has 0 atom stereocenters. The lowest BCUT2D eigenvalue weighted by Crippen LogP contribution is -2.07. The summed E-state index contributed by atoms with van der Waals surface area (Å²) in [5.74, 6) is 0.455. The van der Waals surface area contributed by atoms with Crippen molar-refractivity contribution in [2.24, 2.45) is 0 Å². The van der Waals surface area contributed by atoms with E-state index in [0.29, 0.717) is 22.7 Å². The zero-order valence-electron chi connectivity index (χ0n) is 10.3. The van der Waals surface area contributed by atoms with Gasteiger partial charge in [-0.3, -0.25) is 0 Å². The fraction of sp³-hybridized carbons (Fsp3) is 0.154. The molecule has 2 rings (SSSR count). The van der Waals surface area contributed by atoms with Crippen LogP contribution in [-0.4, -0.2) is 9.55 Å². The Balaban J connectivity index is 2.31. The molecule has 1 aromatic heterocycles. The molecule has 0 aliphatic heterocycles. The largest absolute Gasteiger partial charge is 0.416 e. The molecule has 7 heteroatoms. The Morgan fingerprint density at radius 1 is 1.35 bits per heavy atom. The molecular formula is C13H11BrF3N3. The van der Waals surface area contributed by atoms with E-state index < -0.39 is 11.7 Å². The van der Waals surface area contributed by atoms with Crippen molar-refractivity contribution in [1.29, 1.82) is 0 Å². The van der Waals surface area contributed by atoms with Gasteiger partial charge in [0.05, 0.1) is 5.56 Å². The van der Waals surface area contributed by atoms with Crippen LogP contribution >= 0.6 is 15.9 Å². The predicted octanol–water partition coefficient (Wildman–Crippen LogP) is 4.59. The van der Waals surface area contributed by atoms with Crippen molar-refractivity contribution >= 4 is 27.6 Å².